The predicted molar refractivity (Wildman–Crippen MR) is 97.9 cm³/mol. The molecule has 0 radical (unpaired) electrons. The van der Waals surface area contributed by atoms with Gasteiger partial charge >= 0.3 is 0 Å². The van der Waals surface area contributed by atoms with Crippen molar-refractivity contribution in [2.75, 3.05) is 39.3 Å². The van der Waals surface area contributed by atoms with Gasteiger partial charge in [-0.15, -0.1) is 12.4 Å². The largest absolute Gasteiger partial charge is 0.493 e. The second-order valence-corrected chi connectivity index (χ2v) is 6.45. The Morgan fingerprint density at radius 1 is 1.27 bits per heavy atom. The Morgan fingerprint density at radius 2 is 2.04 bits per heavy atom. The summed E-state index contributed by atoms with van der Waals surface area (Å²) in [6.07, 6.45) is 2.13. The molecule has 1 atom stereocenters. The highest BCUT2D eigenvalue weighted by Gasteiger charge is 2.31. The molecule has 0 spiro atoms. The summed E-state index contributed by atoms with van der Waals surface area (Å²) in [6.45, 7) is 3.49. The highest BCUT2D eigenvalue weighted by molar-refractivity contribution is 5.85. The van der Waals surface area contributed by atoms with Crippen molar-refractivity contribution in [2.24, 2.45) is 0 Å². The third-order valence-electron chi connectivity index (χ3n) is 4.71. The summed E-state index contributed by atoms with van der Waals surface area (Å²) in [7, 11) is 0. The zero-order chi connectivity index (χ0) is 17.6. The third-order valence-corrected chi connectivity index (χ3v) is 4.71. The number of hydrogen-bond acceptors (Lipinski definition) is 4. The molecule has 2 fully saturated rings. The monoisotopic (exact) mass is 385 g/mol. The number of carbonyl (C=O) groups is 2. The average molecular weight is 386 g/mol. The van der Waals surface area contributed by atoms with E-state index in [4.69, 9.17) is 4.74 Å². The molecule has 2 amide bonds. The van der Waals surface area contributed by atoms with Crippen LogP contribution in [0.5, 0.6) is 5.75 Å². The predicted octanol–water partition coefficient (Wildman–Crippen LogP) is 1.44. The Labute approximate surface area is 159 Å². The van der Waals surface area contributed by atoms with E-state index in [9.17, 15) is 14.0 Å². The van der Waals surface area contributed by atoms with Crippen molar-refractivity contribution in [3.63, 3.8) is 0 Å². The molecule has 0 bridgehead atoms. The standard InChI is InChI=1S/C18H24FN3O3.ClH/c19-14-3-5-16(6-4-14)25-11-7-17(23)21-9-1-2-15(13-21)22-10-8-20-12-18(22)24;/h3-6,15,20H,1-2,7-13H2;1H. The highest BCUT2D eigenvalue weighted by Crippen LogP contribution is 2.18. The smallest absolute Gasteiger partial charge is 0.236 e. The van der Waals surface area contributed by atoms with Gasteiger partial charge in [-0.05, 0) is 37.1 Å². The van der Waals surface area contributed by atoms with Crippen LogP contribution in [0.3, 0.4) is 0 Å². The molecular weight excluding hydrogens is 361 g/mol. The van der Waals surface area contributed by atoms with Crippen LogP contribution in [0.25, 0.3) is 0 Å². The molecular formula is C18H25ClFN3O3. The van der Waals surface area contributed by atoms with E-state index in [-0.39, 0.29) is 49.1 Å². The van der Waals surface area contributed by atoms with Crippen LogP contribution in [0.4, 0.5) is 4.39 Å². The van der Waals surface area contributed by atoms with Crippen molar-refractivity contribution in [2.45, 2.75) is 25.3 Å². The number of halogens is 2. The minimum absolute atomic E-state index is 0. The molecule has 1 aromatic rings. The lowest BCUT2D eigenvalue weighted by molar-refractivity contribution is -0.140. The van der Waals surface area contributed by atoms with Crippen molar-refractivity contribution in [3.05, 3.63) is 30.1 Å². The maximum atomic E-state index is 12.8. The van der Waals surface area contributed by atoms with Crippen LogP contribution in [0.15, 0.2) is 24.3 Å². The second-order valence-electron chi connectivity index (χ2n) is 6.45. The molecule has 26 heavy (non-hydrogen) atoms. The number of likely N-dealkylation sites (tertiary alicyclic amines) is 1. The van der Waals surface area contributed by atoms with E-state index in [2.05, 4.69) is 5.32 Å². The van der Waals surface area contributed by atoms with Gasteiger partial charge in [0.2, 0.25) is 11.8 Å². The third kappa shape index (κ3) is 5.32. The summed E-state index contributed by atoms with van der Waals surface area (Å²) in [5.41, 5.74) is 0. The van der Waals surface area contributed by atoms with E-state index >= 15 is 0 Å². The fraction of sp³-hybridized carbons (Fsp3) is 0.556. The Hall–Kier alpha value is -1.86. The van der Waals surface area contributed by atoms with Crippen molar-refractivity contribution >= 4 is 24.2 Å². The van der Waals surface area contributed by atoms with Crippen LogP contribution in [-0.4, -0.2) is 67.0 Å². The normalized spacial score (nSPS) is 20.5. The number of piperidine rings is 1. The first-order valence-electron chi connectivity index (χ1n) is 8.80. The fourth-order valence-corrected chi connectivity index (χ4v) is 3.39. The number of nitrogens with zero attached hydrogens (tertiary/aromatic N) is 2. The van der Waals surface area contributed by atoms with Gasteiger partial charge in [0.15, 0.2) is 0 Å². The number of ether oxygens (including phenoxy) is 1. The highest BCUT2D eigenvalue weighted by atomic mass is 35.5. The number of benzene rings is 1. The first kappa shape index (κ1) is 20.5. The molecule has 1 unspecified atom stereocenters. The second kappa shape index (κ2) is 9.73. The molecule has 8 heteroatoms. The Morgan fingerprint density at radius 3 is 2.77 bits per heavy atom. The van der Waals surface area contributed by atoms with Crippen LogP contribution in [-0.2, 0) is 9.59 Å². The minimum Gasteiger partial charge on any atom is -0.493 e. The molecule has 144 valence electrons. The molecule has 2 saturated heterocycles. The maximum absolute atomic E-state index is 12.8. The van der Waals surface area contributed by atoms with Crippen LogP contribution < -0.4 is 10.1 Å². The van der Waals surface area contributed by atoms with Gasteiger partial charge in [0.25, 0.3) is 0 Å². The zero-order valence-corrected chi connectivity index (χ0v) is 15.5. The molecule has 6 nitrogen and oxygen atoms in total. The van der Waals surface area contributed by atoms with Gasteiger partial charge in [0.05, 0.1) is 19.6 Å². The lowest BCUT2D eigenvalue weighted by atomic mass is 10.0. The van der Waals surface area contributed by atoms with Gasteiger partial charge in [0, 0.05) is 32.2 Å². The molecule has 3 rings (SSSR count). The van der Waals surface area contributed by atoms with E-state index in [1.165, 1.54) is 12.1 Å². The molecule has 1 aromatic carbocycles. The van der Waals surface area contributed by atoms with Gasteiger partial charge in [0.1, 0.15) is 11.6 Å². The van der Waals surface area contributed by atoms with Gasteiger partial charge < -0.3 is 19.9 Å². The molecule has 0 aromatic heterocycles. The molecule has 2 heterocycles. The van der Waals surface area contributed by atoms with E-state index in [1.54, 1.807) is 12.1 Å². The van der Waals surface area contributed by atoms with Crippen molar-refractivity contribution in [1.29, 1.82) is 0 Å². The lowest BCUT2D eigenvalue weighted by Crippen LogP contribution is -2.57. The molecule has 0 aliphatic carbocycles. The van der Waals surface area contributed by atoms with Crippen LogP contribution in [0, 0.1) is 5.82 Å². The van der Waals surface area contributed by atoms with Crippen molar-refractivity contribution in [3.8, 4) is 5.75 Å². The SMILES string of the molecule is Cl.O=C(CCOc1ccc(F)cc1)N1CCCC(N2CCNCC2=O)C1. The van der Waals surface area contributed by atoms with Crippen LogP contribution in [0.1, 0.15) is 19.3 Å². The van der Waals surface area contributed by atoms with E-state index in [1.807, 2.05) is 9.80 Å². The molecule has 0 saturated carbocycles. The molecule has 2 aliphatic rings. The van der Waals surface area contributed by atoms with Crippen molar-refractivity contribution < 1.29 is 18.7 Å². The summed E-state index contributed by atoms with van der Waals surface area (Å²) in [5, 5.41) is 3.07. The summed E-state index contributed by atoms with van der Waals surface area (Å²) in [6, 6.07) is 5.87. The van der Waals surface area contributed by atoms with Gasteiger partial charge in [-0.2, -0.15) is 0 Å². The van der Waals surface area contributed by atoms with Crippen LogP contribution in [0.2, 0.25) is 0 Å². The maximum Gasteiger partial charge on any atom is 0.236 e. The number of nitrogens with one attached hydrogen (secondary N) is 1. The summed E-state index contributed by atoms with van der Waals surface area (Å²) >= 11 is 0. The lowest BCUT2D eigenvalue weighted by Gasteiger charge is -2.41. The van der Waals surface area contributed by atoms with E-state index in [0.29, 0.717) is 25.4 Å². The number of amides is 2. The zero-order valence-electron chi connectivity index (χ0n) is 14.7. The Bertz CT molecular complexity index is 614. The molecule has 2 aliphatic heterocycles. The number of rotatable bonds is 5. The topological polar surface area (TPSA) is 61.9 Å². The Kier molecular flexibility index (Phi) is 7.66. The summed E-state index contributed by atoms with van der Waals surface area (Å²) in [4.78, 5) is 28.2. The van der Waals surface area contributed by atoms with E-state index in [0.717, 1.165) is 25.9 Å². The Balaban J connectivity index is 0.00000243. The van der Waals surface area contributed by atoms with Crippen LogP contribution >= 0.6 is 12.4 Å². The van der Waals surface area contributed by atoms with Gasteiger partial charge in [-0.1, -0.05) is 0 Å². The minimum atomic E-state index is -0.315. The first-order chi connectivity index (χ1) is 12.1. The quantitative estimate of drug-likeness (QED) is 0.833. The van der Waals surface area contributed by atoms with Gasteiger partial charge in [-0.3, -0.25) is 9.59 Å². The number of carbonyl (C=O) groups excluding carboxylic acids is 2. The first-order valence-corrected chi connectivity index (χ1v) is 8.80. The van der Waals surface area contributed by atoms with Gasteiger partial charge in [-0.25, -0.2) is 4.39 Å². The average Bonchev–Trinajstić information content (AvgIpc) is 2.64. The number of hydrogen-bond donors (Lipinski definition) is 1. The summed E-state index contributed by atoms with van der Waals surface area (Å²) in [5.74, 6) is 0.391. The summed E-state index contributed by atoms with van der Waals surface area (Å²) < 4.78 is 18.3. The van der Waals surface area contributed by atoms with E-state index < -0.39 is 0 Å². The number of piperazine rings is 1. The molecule has 1 N–H and O–H groups in total. The fourth-order valence-electron chi connectivity index (χ4n) is 3.39. The van der Waals surface area contributed by atoms with Crippen molar-refractivity contribution in [1.82, 2.24) is 15.1 Å².